The Morgan fingerprint density at radius 3 is 2.75 bits per heavy atom. The quantitative estimate of drug-likeness (QED) is 0.114. The van der Waals surface area contributed by atoms with Crippen LogP contribution in [0.3, 0.4) is 0 Å². The van der Waals surface area contributed by atoms with E-state index in [0.29, 0.717) is 57.2 Å². The van der Waals surface area contributed by atoms with Gasteiger partial charge in [0, 0.05) is 46.3 Å². The minimum absolute atomic E-state index is 0.189. The number of carbonyl (C=O) groups excluding carboxylic acids is 1. The maximum absolute atomic E-state index is 13.9. The van der Waals surface area contributed by atoms with Crippen LogP contribution in [0.2, 0.25) is 25.7 Å². The fourth-order valence-electron chi connectivity index (χ4n) is 4.47. The zero-order chi connectivity index (χ0) is 31.6. The van der Waals surface area contributed by atoms with Crippen molar-refractivity contribution in [2.24, 2.45) is 7.05 Å². The van der Waals surface area contributed by atoms with E-state index in [9.17, 15) is 17.6 Å². The molecule has 0 atom stereocenters. The van der Waals surface area contributed by atoms with Crippen LogP contribution in [0.25, 0.3) is 33.5 Å². The minimum Gasteiger partial charge on any atom is -0.449 e. The maximum Gasteiger partial charge on any atom is 0.264 e. The fourth-order valence-corrected chi connectivity index (χ4v) is 5.56. The third-order valence-electron chi connectivity index (χ3n) is 6.74. The Bertz CT molecular complexity index is 1930. The summed E-state index contributed by atoms with van der Waals surface area (Å²) in [5, 5.41) is 8.11. The molecule has 0 unspecified atom stereocenters. The van der Waals surface area contributed by atoms with Gasteiger partial charge in [-0.15, -0.1) is 0 Å². The van der Waals surface area contributed by atoms with Crippen LogP contribution >= 0.6 is 0 Å². The highest BCUT2D eigenvalue weighted by Gasteiger charge is 2.21. The summed E-state index contributed by atoms with van der Waals surface area (Å²) in [5.74, 6) is -0.444. The molecule has 1 N–H and O–H groups in total. The summed E-state index contributed by atoms with van der Waals surface area (Å²) in [4.78, 5) is 27.0. The molecule has 0 spiro atoms. The zero-order valence-corrected chi connectivity index (χ0v) is 26.9. The van der Waals surface area contributed by atoms with Crippen LogP contribution in [-0.4, -0.2) is 71.1 Å². The molecule has 0 fully saturated rings. The highest BCUT2D eigenvalue weighted by molar-refractivity contribution is 7.85. The van der Waals surface area contributed by atoms with Gasteiger partial charge in [-0.25, -0.2) is 19.3 Å². The van der Waals surface area contributed by atoms with Gasteiger partial charge < -0.3 is 19.0 Å². The molecule has 16 heteroatoms. The number of oxazole rings is 1. The van der Waals surface area contributed by atoms with Gasteiger partial charge in [0.2, 0.25) is 0 Å². The van der Waals surface area contributed by atoms with E-state index in [1.807, 2.05) is 0 Å². The number of carbonyl (C=O) groups is 1. The molecule has 0 saturated carbocycles. The number of rotatable bonds is 13. The number of nitrogens with one attached hydrogen (secondary N) is 1. The lowest BCUT2D eigenvalue weighted by Gasteiger charge is -2.15. The second-order valence-corrected chi connectivity index (χ2v) is 18.9. The molecule has 0 bridgehead atoms. The average Bonchev–Trinajstić information content (AvgIpc) is 3.64. The van der Waals surface area contributed by atoms with Gasteiger partial charge in [0.1, 0.15) is 48.0 Å². The predicted octanol–water partition coefficient (Wildman–Crippen LogP) is 3.87. The van der Waals surface area contributed by atoms with Crippen molar-refractivity contribution in [3.05, 3.63) is 59.8 Å². The second kappa shape index (κ2) is 12.5. The molecule has 1 amide bonds. The first-order valence-corrected chi connectivity index (χ1v) is 19.4. The van der Waals surface area contributed by atoms with E-state index < -0.39 is 18.2 Å². The minimum atomic E-state index is -3.61. The average molecular weight is 644 g/mol. The molecule has 1 aromatic carbocycles. The van der Waals surface area contributed by atoms with Crippen LogP contribution in [0.1, 0.15) is 21.9 Å². The molecule has 0 saturated heterocycles. The van der Waals surface area contributed by atoms with Gasteiger partial charge in [0.15, 0.2) is 11.5 Å². The fraction of sp³-hybridized carbons (Fsp3) is 0.393. The molecule has 44 heavy (non-hydrogen) atoms. The first kappa shape index (κ1) is 31.4. The molecule has 4 heterocycles. The van der Waals surface area contributed by atoms with Gasteiger partial charge in [-0.1, -0.05) is 19.6 Å². The molecule has 0 aliphatic carbocycles. The summed E-state index contributed by atoms with van der Waals surface area (Å²) in [6.45, 7) is 7.55. The number of aromatic nitrogens is 6. The number of ether oxygens (including phenoxy) is 1. The van der Waals surface area contributed by atoms with E-state index in [4.69, 9.17) is 18.3 Å². The van der Waals surface area contributed by atoms with Crippen molar-refractivity contribution in [3.63, 3.8) is 0 Å². The normalized spacial score (nSPS) is 12.4. The largest absolute Gasteiger partial charge is 0.449 e. The van der Waals surface area contributed by atoms with E-state index >= 15 is 0 Å². The first-order chi connectivity index (χ1) is 20.8. The van der Waals surface area contributed by atoms with E-state index in [1.165, 1.54) is 18.4 Å². The summed E-state index contributed by atoms with van der Waals surface area (Å²) in [7, 11) is -3.18. The molecular formula is C28H34FN7O6SSi. The molecule has 5 aromatic rings. The summed E-state index contributed by atoms with van der Waals surface area (Å²) in [6, 6.07) is 5.40. The Morgan fingerprint density at radius 2 is 2.00 bits per heavy atom. The second-order valence-electron chi connectivity index (χ2n) is 11.6. The van der Waals surface area contributed by atoms with Gasteiger partial charge in [-0.05, 0) is 24.2 Å². The van der Waals surface area contributed by atoms with E-state index in [2.05, 4.69) is 40.0 Å². The van der Waals surface area contributed by atoms with Gasteiger partial charge in [0.05, 0.1) is 23.5 Å². The van der Waals surface area contributed by atoms with E-state index in [0.717, 1.165) is 12.3 Å². The highest BCUT2D eigenvalue weighted by Crippen LogP contribution is 2.29. The predicted molar refractivity (Wildman–Crippen MR) is 163 cm³/mol. The van der Waals surface area contributed by atoms with Crippen molar-refractivity contribution >= 4 is 46.2 Å². The zero-order valence-electron chi connectivity index (χ0n) is 25.1. The van der Waals surface area contributed by atoms with Gasteiger partial charge in [0.25, 0.3) is 16.0 Å². The summed E-state index contributed by atoms with van der Waals surface area (Å²) in [5.41, 5.74) is 3.01. The van der Waals surface area contributed by atoms with Crippen LogP contribution in [0.4, 0.5) is 4.39 Å². The number of hydrogen-bond donors (Lipinski definition) is 1. The van der Waals surface area contributed by atoms with Crippen LogP contribution in [-0.2, 0) is 45.8 Å². The Hall–Kier alpha value is -3.99. The third kappa shape index (κ3) is 7.55. The number of halogens is 1. The number of hydrogen-bond acceptors (Lipinski definition) is 10. The van der Waals surface area contributed by atoms with Crippen molar-refractivity contribution in [2.45, 2.75) is 45.4 Å². The molecule has 5 rings (SSSR count). The lowest BCUT2D eigenvalue weighted by molar-refractivity contribution is 0.0892. The van der Waals surface area contributed by atoms with Gasteiger partial charge >= 0.3 is 0 Å². The third-order valence-corrected chi connectivity index (χ3v) is 8.99. The Balaban J connectivity index is 1.38. The molecule has 0 aliphatic rings. The van der Waals surface area contributed by atoms with Crippen molar-refractivity contribution in [1.29, 1.82) is 0 Å². The molecule has 13 nitrogen and oxygen atoms in total. The molecule has 0 radical (unpaired) electrons. The van der Waals surface area contributed by atoms with Crippen molar-refractivity contribution in [3.8, 4) is 11.4 Å². The molecule has 0 aliphatic heterocycles. The highest BCUT2D eigenvalue weighted by atomic mass is 32.2. The molecule has 4 aromatic heterocycles. The topological polar surface area (TPSA) is 156 Å². The number of amides is 1. The van der Waals surface area contributed by atoms with Crippen LogP contribution < -0.4 is 5.32 Å². The van der Waals surface area contributed by atoms with Crippen molar-refractivity contribution < 1.29 is 30.9 Å². The molecular weight excluding hydrogens is 610 g/mol. The lowest BCUT2D eigenvalue weighted by Crippen LogP contribution is -2.25. The lowest BCUT2D eigenvalue weighted by atomic mass is 10.1. The number of benzene rings is 1. The molecule has 234 valence electrons. The Kier molecular flexibility index (Phi) is 8.96. The van der Waals surface area contributed by atoms with Crippen molar-refractivity contribution in [1.82, 2.24) is 34.6 Å². The maximum atomic E-state index is 13.9. The van der Waals surface area contributed by atoms with E-state index in [1.54, 1.807) is 34.8 Å². The Labute approximate surface area is 254 Å². The number of fused-ring (bicyclic) bond motifs is 2. The number of aryl methyl sites for hydroxylation is 1. The summed E-state index contributed by atoms with van der Waals surface area (Å²) in [6.07, 6.45) is 5.77. The summed E-state index contributed by atoms with van der Waals surface area (Å²) < 4.78 is 55.7. The van der Waals surface area contributed by atoms with Gasteiger partial charge in [-0.3, -0.25) is 13.7 Å². The monoisotopic (exact) mass is 643 g/mol. The smallest absolute Gasteiger partial charge is 0.264 e. The number of nitrogens with zero attached hydrogens (tertiary/aromatic N) is 6. The van der Waals surface area contributed by atoms with Crippen LogP contribution in [0, 0.1) is 5.82 Å². The van der Waals surface area contributed by atoms with Crippen LogP contribution in [0.5, 0.6) is 0 Å². The first-order valence-electron chi connectivity index (χ1n) is 13.9. The van der Waals surface area contributed by atoms with Gasteiger partial charge in [-0.2, -0.15) is 13.5 Å². The standard InChI is InChI=1S/C28H34FN7O6SSi/c1-35-23-12-18(29)6-7-20(23)25(34-35)22-13-31-27-26(33-22)21(14-36(27)17-40-10-11-44(3,4)5)28(37)30-9-8-24-32-19(15-41-24)16-42-43(2,38)39/h6-7,12-15H,8-11,16-17H2,1-5H3,(H,30,37). The summed E-state index contributed by atoms with van der Waals surface area (Å²) >= 11 is 0. The van der Waals surface area contributed by atoms with Crippen LogP contribution in [0.15, 0.2) is 41.3 Å². The Morgan fingerprint density at radius 1 is 1.20 bits per heavy atom. The van der Waals surface area contributed by atoms with E-state index in [-0.39, 0.29) is 38.0 Å². The SMILES string of the molecule is Cn1nc(-c2cnc3c(n2)c(C(=O)NCCc2nc(COS(C)(=O)=O)co2)cn3COCC[Si](C)(C)C)c2ccc(F)cc21. The van der Waals surface area contributed by atoms with Crippen molar-refractivity contribution in [2.75, 3.05) is 19.4 Å².